The summed E-state index contributed by atoms with van der Waals surface area (Å²) in [5.41, 5.74) is 4.46. The van der Waals surface area contributed by atoms with Crippen molar-refractivity contribution in [1.29, 1.82) is 0 Å². The summed E-state index contributed by atoms with van der Waals surface area (Å²) in [6.07, 6.45) is -0.175. The molecule has 1 heterocycles. The van der Waals surface area contributed by atoms with E-state index < -0.39 is 0 Å². The minimum absolute atomic E-state index is 0.0793. The number of nitrogens with one attached hydrogen (secondary N) is 1. The third-order valence-corrected chi connectivity index (χ3v) is 6.71. The van der Waals surface area contributed by atoms with Crippen LogP contribution in [0.25, 0.3) is 0 Å². The van der Waals surface area contributed by atoms with Crippen molar-refractivity contribution in [3.8, 4) is 0 Å². The maximum Gasteiger partial charge on any atom is 0.337 e. The van der Waals surface area contributed by atoms with Crippen LogP contribution in [-0.4, -0.2) is 61.6 Å². The first-order valence-electron chi connectivity index (χ1n) is 12.3. The number of ether oxygens (including phenoxy) is 2. The fourth-order valence-corrected chi connectivity index (χ4v) is 4.32. The third kappa shape index (κ3) is 7.55. The molecule has 7 nitrogen and oxygen atoms in total. The lowest BCUT2D eigenvalue weighted by Crippen LogP contribution is -2.50. The first-order valence-corrected chi connectivity index (χ1v) is 12.7. The van der Waals surface area contributed by atoms with Gasteiger partial charge in [0.25, 0.3) is 0 Å². The van der Waals surface area contributed by atoms with Crippen LogP contribution in [0.2, 0.25) is 5.02 Å². The second-order valence-corrected chi connectivity index (χ2v) is 9.56. The zero-order valence-electron chi connectivity index (χ0n) is 21.2. The molecule has 0 aliphatic carbocycles. The topological polar surface area (TPSA) is 71.1 Å². The second kappa shape index (κ2) is 12.7. The van der Waals surface area contributed by atoms with Crippen LogP contribution >= 0.6 is 11.6 Å². The van der Waals surface area contributed by atoms with E-state index >= 15 is 0 Å². The lowest BCUT2D eigenvalue weighted by atomic mass is 10.1. The van der Waals surface area contributed by atoms with Crippen LogP contribution < -0.4 is 5.32 Å². The van der Waals surface area contributed by atoms with Crippen molar-refractivity contribution >= 4 is 29.3 Å². The minimum Gasteiger partial charge on any atom is -0.465 e. The fourth-order valence-electron chi connectivity index (χ4n) is 4.19. The van der Waals surface area contributed by atoms with Gasteiger partial charge in [0.1, 0.15) is 0 Å². The molecule has 4 rings (SSSR count). The molecule has 3 aromatic rings. The van der Waals surface area contributed by atoms with Gasteiger partial charge in [0.05, 0.1) is 25.4 Å². The van der Waals surface area contributed by atoms with E-state index in [-0.39, 0.29) is 18.1 Å². The lowest BCUT2D eigenvalue weighted by molar-refractivity contribution is 0.00592. The summed E-state index contributed by atoms with van der Waals surface area (Å²) in [5, 5.41) is 3.66. The Morgan fingerprint density at radius 3 is 2.19 bits per heavy atom. The van der Waals surface area contributed by atoms with Gasteiger partial charge in [0, 0.05) is 43.4 Å². The Bertz CT molecular complexity index is 1180. The molecule has 8 heteroatoms. The Labute approximate surface area is 222 Å². The van der Waals surface area contributed by atoms with Gasteiger partial charge in [0.15, 0.2) is 0 Å². The van der Waals surface area contributed by atoms with Gasteiger partial charge in [-0.1, -0.05) is 53.6 Å². The van der Waals surface area contributed by atoms with E-state index in [4.69, 9.17) is 21.1 Å². The van der Waals surface area contributed by atoms with E-state index in [9.17, 15) is 9.59 Å². The molecule has 0 radical (unpaired) electrons. The molecule has 1 N–H and O–H groups in total. The smallest absolute Gasteiger partial charge is 0.337 e. The van der Waals surface area contributed by atoms with E-state index in [1.54, 1.807) is 12.1 Å². The molecule has 3 aromatic carbocycles. The predicted octanol–water partition coefficient (Wildman–Crippen LogP) is 5.54. The number of carbonyl (C=O) groups excluding carboxylic acids is 2. The van der Waals surface area contributed by atoms with Crippen LogP contribution in [0.5, 0.6) is 0 Å². The Morgan fingerprint density at radius 2 is 1.57 bits per heavy atom. The number of aryl methyl sites for hydroxylation is 1. The molecule has 0 spiro atoms. The van der Waals surface area contributed by atoms with Crippen molar-refractivity contribution in [1.82, 2.24) is 9.80 Å². The van der Waals surface area contributed by atoms with E-state index in [2.05, 4.69) is 10.2 Å². The quantitative estimate of drug-likeness (QED) is 0.394. The summed E-state index contributed by atoms with van der Waals surface area (Å²) < 4.78 is 11.1. The monoisotopic (exact) mass is 521 g/mol. The van der Waals surface area contributed by atoms with Gasteiger partial charge in [-0.15, -0.1) is 0 Å². The zero-order chi connectivity index (χ0) is 26.2. The Hall–Kier alpha value is -3.39. The maximum atomic E-state index is 12.7. The first-order chi connectivity index (χ1) is 17.9. The first kappa shape index (κ1) is 26.7. The minimum atomic E-state index is -0.363. The van der Waals surface area contributed by atoms with Crippen LogP contribution in [0, 0.1) is 6.92 Å². The second-order valence-electron chi connectivity index (χ2n) is 9.12. The molecule has 1 atom stereocenters. The van der Waals surface area contributed by atoms with Gasteiger partial charge in [-0.3, -0.25) is 4.90 Å². The molecule has 1 fully saturated rings. The average Bonchev–Trinajstić information content (AvgIpc) is 2.93. The number of benzene rings is 3. The van der Waals surface area contributed by atoms with Gasteiger partial charge < -0.3 is 19.7 Å². The fraction of sp³-hybridized carbons (Fsp3) is 0.310. The molecule has 0 unspecified atom stereocenters. The van der Waals surface area contributed by atoms with Crippen LogP contribution in [0.1, 0.15) is 33.2 Å². The number of piperazine rings is 1. The Balaban J connectivity index is 1.34. The van der Waals surface area contributed by atoms with Crippen molar-refractivity contribution in [2.45, 2.75) is 19.6 Å². The normalized spacial score (nSPS) is 14.7. The SMILES string of the molecule is COC(=O)c1ccc(CO[C@H](CN2CCN(C(=O)Nc3ccc(C)cc3)CC2)c2ccc(Cl)cc2)cc1. The van der Waals surface area contributed by atoms with Crippen LogP contribution in [-0.2, 0) is 16.1 Å². The molecular weight excluding hydrogens is 490 g/mol. The van der Waals surface area contributed by atoms with Crippen molar-refractivity contribution in [3.63, 3.8) is 0 Å². The van der Waals surface area contributed by atoms with Crippen molar-refractivity contribution < 1.29 is 19.1 Å². The van der Waals surface area contributed by atoms with Crippen LogP contribution in [0.3, 0.4) is 0 Å². The number of halogens is 1. The Kier molecular flexibility index (Phi) is 9.17. The summed E-state index contributed by atoms with van der Waals surface area (Å²) in [4.78, 5) is 28.6. The lowest BCUT2D eigenvalue weighted by Gasteiger charge is -2.36. The summed E-state index contributed by atoms with van der Waals surface area (Å²) in [7, 11) is 1.37. The molecular formula is C29H32ClN3O4. The number of carbonyl (C=O) groups is 2. The molecule has 0 aromatic heterocycles. The summed E-state index contributed by atoms with van der Waals surface area (Å²) in [6, 6.07) is 22.6. The van der Waals surface area contributed by atoms with Crippen molar-refractivity contribution in [2.75, 3.05) is 45.2 Å². The number of urea groups is 1. The van der Waals surface area contributed by atoms with E-state index in [1.165, 1.54) is 7.11 Å². The molecule has 194 valence electrons. The highest BCUT2D eigenvalue weighted by Crippen LogP contribution is 2.24. The van der Waals surface area contributed by atoms with Gasteiger partial charge in [0.2, 0.25) is 0 Å². The predicted molar refractivity (Wildman–Crippen MR) is 145 cm³/mol. The largest absolute Gasteiger partial charge is 0.465 e. The highest BCUT2D eigenvalue weighted by Gasteiger charge is 2.24. The summed E-state index contributed by atoms with van der Waals surface area (Å²) in [5.74, 6) is -0.363. The van der Waals surface area contributed by atoms with E-state index in [1.807, 2.05) is 72.5 Å². The number of esters is 1. The highest BCUT2D eigenvalue weighted by atomic mass is 35.5. The summed E-state index contributed by atoms with van der Waals surface area (Å²) >= 11 is 6.11. The molecule has 2 amide bonds. The third-order valence-electron chi connectivity index (χ3n) is 6.45. The van der Waals surface area contributed by atoms with Gasteiger partial charge in [-0.25, -0.2) is 9.59 Å². The van der Waals surface area contributed by atoms with Crippen LogP contribution in [0.15, 0.2) is 72.8 Å². The molecule has 0 bridgehead atoms. The van der Waals surface area contributed by atoms with Gasteiger partial charge in [-0.05, 0) is 54.4 Å². The Morgan fingerprint density at radius 1 is 0.919 bits per heavy atom. The van der Waals surface area contributed by atoms with Gasteiger partial charge >= 0.3 is 12.0 Å². The number of amides is 2. The summed E-state index contributed by atoms with van der Waals surface area (Å²) in [6.45, 7) is 5.89. The average molecular weight is 522 g/mol. The zero-order valence-corrected chi connectivity index (χ0v) is 21.9. The molecule has 1 aliphatic heterocycles. The molecule has 1 aliphatic rings. The standard InChI is InChI=1S/C29H32ClN3O4/c1-21-3-13-26(14-4-21)31-29(35)33-17-15-32(16-18-33)19-27(23-9-11-25(30)12-10-23)37-20-22-5-7-24(8-6-22)28(34)36-2/h3-14,27H,15-20H2,1-2H3,(H,31,35)/t27-/m1/s1. The number of rotatable bonds is 8. The van der Waals surface area contributed by atoms with Gasteiger partial charge in [-0.2, -0.15) is 0 Å². The molecule has 1 saturated heterocycles. The molecule has 37 heavy (non-hydrogen) atoms. The number of methoxy groups -OCH3 is 1. The highest BCUT2D eigenvalue weighted by molar-refractivity contribution is 6.30. The maximum absolute atomic E-state index is 12.7. The van der Waals surface area contributed by atoms with Crippen molar-refractivity contribution in [2.24, 2.45) is 0 Å². The van der Waals surface area contributed by atoms with E-state index in [0.717, 1.165) is 35.5 Å². The number of hydrogen-bond donors (Lipinski definition) is 1. The van der Waals surface area contributed by atoms with E-state index in [0.29, 0.717) is 36.8 Å². The number of anilines is 1. The number of hydrogen-bond acceptors (Lipinski definition) is 5. The molecule has 0 saturated carbocycles. The van der Waals surface area contributed by atoms with Crippen LogP contribution in [0.4, 0.5) is 10.5 Å². The van der Waals surface area contributed by atoms with Crippen molar-refractivity contribution in [3.05, 3.63) is 100 Å². The number of nitrogens with zero attached hydrogens (tertiary/aromatic N) is 2.